The lowest BCUT2D eigenvalue weighted by atomic mass is 9.94. The number of hydrogen-bond donors (Lipinski definition) is 2. The van der Waals surface area contributed by atoms with Crippen LogP contribution in [0.15, 0.2) is 36.4 Å². The number of benzene rings is 2. The smallest absolute Gasteiger partial charge is 0.0205 e. The molecular formula is C22H32N2. The topological polar surface area (TPSA) is 24.1 Å². The molecule has 0 aliphatic carbocycles. The van der Waals surface area contributed by atoms with Crippen LogP contribution < -0.4 is 10.6 Å². The van der Waals surface area contributed by atoms with Crippen LogP contribution in [0, 0.1) is 13.8 Å². The molecule has 2 heteroatoms. The lowest BCUT2D eigenvalue weighted by Crippen LogP contribution is -2.12. The molecule has 2 rings (SSSR count). The number of likely N-dealkylation sites (N-methyl/N-ethyl adjacent to an activating group) is 1. The summed E-state index contributed by atoms with van der Waals surface area (Å²) in [6.45, 7) is 6.37. The van der Waals surface area contributed by atoms with Gasteiger partial charge < -0.3 is 10.6 Å². The van der Waals surface area contributed by atoms with Crippen molar-refractivity contribution in [1.82, 2.24) is 10.6 Å². The number of nitrogens with one attached hydrogen (secondary N) is 2. The van der Waals surface area contributed by atoms with Gasteiger partial charge in [-0.05, 0) is 82.4 Å². The summed E-state index contributed by atoms with van der Waals surface area (Å²) in [4.78, 5) is 0. The van der Waals surface area contributed by atoms with Crippen molar-refractivity contribution in [2.75, 3.05) is 20.6 Å². The highest BCUT2D eigenvalue weighted by Crippen LogP contribution is 2.18. The Morgan fingerprint density at radius 3 is 1.83 bits per heavy atom. The number of hydrogen-bond acceptors (Lipinski definition) is 2. The Hall–Kier alpha value is -1.64. The molecule has 0 aliphatic heterocycles. The van der Waals surface area contributed by atoms with E-state index in [0.717, 1.165) is 32.4 Å². The molecule has 0 unspecified atom stereocenters. The van der Waals surface area contributed by atoms with E-state index in [1.54, 1.807) is 0 Å². The molecule has 0 radical (unpaired) electrons. The third-order valence-electron chi connectivity index (χ3n) is 4.63. The van der Waals surface area contributed by atoms with Crippen LogP contribution in [0.1, 0.15) is 39.8 Å². The van der Waals surface area contributed by atoms with Gasteiger partial charge in [0.25, 0.3) is 0 Å². The van der Waals surface area contributed by atoms with Gasteiger partial charge in [-0.25, -0.2) is 0 Å². The van der Waals surface area contributed by atoms with Gasteiger partial charge in [-0.3, -0.25) is 0 Å². The van der Waals surface area contributed by atoms with E-state index in [-0.39, 0.29) is 0 Å². The molecule has 0 atom stereocenters. The minimum atomic E-state index is 0.952. The monoisotopic (exact) mass is 324 g/mol. The second-order valence-electron chi connectivity index (χ2n) is 6.78. The molecule has 2 aromatic rings. The Balaban J connectivity index is 2.04. The predicted octanol–water partition coefficient (Wildman–Crippen LogP) is 3.96. The normalized spacial score (nSPS) is 11.0. The molecule has 24 heavy (non-hydrogen) atoms. The molecule has 2 nitrogen and oxygen atoms in total. The fourth-order valence-electron chi connectivity index (χ4n) is 3.31. The number of rotatable bonds is 9. The first-order valence-corrected chi connectivity index (χ1v) is 9.10. The minimum Gasteiger partial charge on any atom is -0.319 e. The van der Waals surface area contributed by atoms with Gasteiger partial charge in [0.2, 0.25) is 0 Å². The van der Waals surface area contributed by atoms with E-state index < -0.39 is 0 Å². The lowest BCUT2D eigenvalue weighted by molar-refractivity contribution is 0.755. The van der Waals surface area contributed by atoms with E-state index in [0.29, 0.717) is 0 Å². The van der Waals surface area contributed by atoms with Crippen LogP contribution in [-0.4, -0.2) is 20.6 Å². The maximum absolute atomic E-state index is 3.28. The molecule has 0 amide bonds. The van der Waals surface area contributed by atoms with Gasteiger partial charge >= 0.3 is 0 Å². The van der Waals surface area contributed by atoms with Crippen molar-refractivity contribution in [3.05, 3.63) is 69.8 Å². The van der Waals surface area contributed by atoms with E-state index >= 15 is 0 Å². The molecule has 0 aliphatic rings. The van der Waals surface area contributed by atoms with Crippen molar-refractivity contribution < 1.29 is 0 Å². The van der Waals surface area contributed by atoms with Crippen molar-refractivity contribution >= 4 is 0 Å². The average molecular weight is 325 g/mol. The third-order valence-corrected chi connectivity index (χ3v) is 4.63. The highest BCUT2D eigenvalue weighted by atomic mass is 14.8. The Labute approximate surface area is 147 Å². The van der Waals surface area contributed by atoms with Gasteiger partial charge in [0, 0.05) is 6.54 Å². The van der Waals surface area contributed by atoms with Crippen LogP contribution in [0.25, 0.3) is 0 Å². The Morgan fingerprint density at radius 1 is 0.667 bits per heavy atom. The van der Waals surface area contributed by atoms with E-state index in [1.807, 2.05) is 14.1 Å². The SMILES string of the molecule is CNCCc1ccc(C)cc1CCCc1cc(C)ccc1CNC. The van der Waals surface area contributed by atoms with Crippen molar-refractivity contribution in [1.29, 1.82) is 0 Å². The molecule has 0 aromatic heterocycles. The highest BCUT2D eigenvalue weighted by molar-refractivity contribution is 5.34. The molecule has 0 heterocycles. The Bertz CT molecular complexity index is 646. The average Bonchev–Trinajstić information content (AvgIpc) is 2.56. The van der Waals surface area contributed by atoms with E-state index in [1.165, 1.54) is 39.8 Å². The first kappa shape index (κ1) is 18.7. The summed E-state index contributed by atoms with van der Waals surface area (Å²) in [6, 6.07) is 13.8. The summed E-state index contributed by atoms with van der Waals surface area (Å²) >= 11 is 0. The van der Waals surface area contributed by atoms with Crippen LogP contribution in [-0.2, 0) is 25.8 Å². The van der Waals surface area contributed by atoms with E-state index in [9.17, 15) is 0 Å². The van der Waals surface area contributed by atoms with Crippen molar-refractivity contribution in [2.24, 2.45) is 0 Å². The molecular weight excluding hydrogens is 292 g/mol. The molecule has 0 spiro atoms. The Kier molecular flexibility index (Phi) is 7.48. The zero-order valence-corrected chi connectivity index (χ0v) is 15.7. The highest BCUT2D eigenvalue weighted by Gasteiger charge is 2.06. The van der Waals surface area contributed by atoms with Crippen LogP contribution in [0.2, 0.25) is 0 Å². The quantitative estimate of drug-likeness (QED) is 0.729. The summed E-state index contributed by atoms with van der Waals surface area (Å²) in [5.41, 5.74) is 8.67. The van der Waals surface area contributed by atoms with Crippen molar-refractivity contribution in [2.45, 2.75) is 46.1 Å². The molecule has 2 N–H and O–H groups in total. The summed E-state index contributed by atoms with van der Waals surface area (Å²) in [7, 11) is 4.04. The van der Waals surface area contributed by atoms with Crippen molar-refractivity contribution in [3.63, 3.8) is 0 Å². The first-order valence-electron chi connectivity index (χ1n) is 9.10. The minimum absolute atomic E-state index is 0.952. The fraction of sp³-hybridized carbons (Fsp3) is 0.455. The van der Waals surface area contributed by atoms with E-state index in [2.05, 4.69) is 60.9 Å². The van der Waals surface area contributed by atoms with Gasteiger partial charge in [-0.1, -0.05) is 47.5 Å². The molecule has 0 saturated carbocycles. The largest absolute Gasteiger partial charge is 0.319 e. The predicted molar refractivity (Wildman–Crippen MR) is 105 cm³/mol. The maximum Gasteiger partial charge on any atom is 0.0205 e. The zero-order valence-electron chi connectivity index (χ0n) is 15.7. The summed E-state index contributed by atoms with van der Waals surface area (Å²) in [6.07, 6.45) is 4.63. The molecule has 0 bridgehead atoms. The first-order chi connectivity index (χ1) is 11.6. The zero-order chi connectivity index (χ0) is 17.4. The second-order valence-corrected chi connectivity index (χ2v) is 6.78. The third kappa shape index (κ3) is 5.47. The second kappa shape index (κ2) is 9.61. The molecule has 130 valence electrons. The van der Waals surface area contributed by atoms with Crippen LogP contribution in [0.4, 0.5) is 0 Å². The standard InChI is InChI=1S/C22H32N2/c1-17-8-10-19(12-13-23-3)20(14-17)6-5-7-21-15-18(2)9-11-22(21)16-24-4/h8-11,14-15,23-24H,5-7,12-13,16H2,1-4H3. The summed E-state index contributed by atoms with van der Waals surface area (Å²) < 4.78 is 0. The van der Waals surface area contributed by atoms with Crippen LogP contribution in [0.3, 0.4) is 0 Å². The van der Waals surface area contributed by atoms with Crippen LogP contribution >= 0.6 is 0 Å². The van der Waals surface area contributed by atoms with Gasteiger partial charge in [0.05, 0.1) is 0 Å². The van der Waals surface area contributed by atoms with Crippen LogP contribution in [0.5, 0.6) is 0 Å². The van der Waals surface area contributed by atoms with Gasteiger partial charge in [0.1, 0.15) is 0 Å². The lowest BCUT2D eigenvalue weighted by Gasteiger charge is -2.13. The van der Waals surface area contributed by atoms with Crippen molar-refractivity contribution in [3.8, 4) is 0 Å². The van der Waals surface area contributed by atoms with E-state index in [4.69, 9.17) is 0 Å². The number of aryl methyl sites for hydroxylation is 4. The Morgan fingerprint density at radius 2 is 1.25 bits per heavy atom. The molecule has 0 fully saturated rings. The molecule has 2 aromatic carbocycles. The molecule has 0 saturated heterocycles. The van der Waals surface area contributed by atoms with Gasteiger partial charge in [-0.2, -0.15) is 0 Å². The summed E-state index contributed by atoms with van der Waals surface area (Å²) in [5, 5.41) is 6.55. The summed E-state index contributed by atoms with van der Waals surface area (Å²) in [5.74, 6) is 0. The maximum atomic E-state index is 3.28. The van der Waals surface area contributed by atoms with Gasteiger partial charge in [-0.15, -0.1) is 0 Å². The fourth-order valence-corrected chi connectivity index (χ4v) is 3.31. The van der Waals surface area contributed by atoms with Gasteiger partial charge in [0.15, 0.2) is 0 Å².